The predicted octanol–water partition coefficient (Wildman–Crippen LogP) is 4.00. The first-order valence-corrected chi connectivity index (χ1v) is 12.9. The summed E-state index contributed by atoms with van der Waals surface area (Å²) in [6, 6.07) is 10.9. The summed E-state index contributed by atoms with van der Waals surface area (Å²) in [4.78, 5) is 18.9. The number of aliphatic hydroxyl groups is 1. The van der Waals surface area contributed by atoms with Crippen LogP contribution < -0.4 is 10.6 Å². The van der Waals surface area contributed by atoms with Crippen LogP contribution in [0.15, 0.2) is 53.5 Å². The van der Waals surface area contributed by atoms with E-state index in [1.54, 1.807) is 22.9 Å². The van der Waals surface area contributed by atoms with Crippen LogP contribution in [0.5, 0.6) is 0 Å². The molecule has 1 fully saturated rings. The number of hydrogen-bond acceptors (Lipinski definition) is 8. The highest BCUT2D eigenvalue weighted by atomic mass is 19.1. The number of anilines is 1. The van der Waals surface area contributed by atoms with E-state index in [0.717, 1.165) is 31.4 Å². The first kappa shape index (κ1) is 26.3. The summed E-state index contributed by atoms with van der Waals surface area (Å²) in [5.41, 5.74) is 7.98. The van der Waals surface area contributed by atoms with Gasteiger partial charge in [-0.3, -0.25) is 9.78 Å². The van der Waals surface area contributed by atoms with Crippen LogP contribution in [-0.2, 0) is 0 Å². The molecule has 1 atom stereocenters. The van der Waals surface area contributed by atoms with Crippen molar-refractivity contribution in [2.24, 2.45) is 5.73 Å². The number of amides is 1. The molecule has 1 amide bonds. The summed E-state index contributed by atoms with van der Waals surface area (Å²) in [6.07, 6.45) is 5.90. The Bertz CT molecular complexity index is 1510. The molecule has 0 spiro atoms. The molecule has 0 radical (unpaired) electrons. The lowest BCUT2D eigenvalue weighted by Gasteiger charge is -2.40. The van der Waals surface area contributed by atoms with Crippen LogP contribution in [0.2, 0.25) is 0 Å². The van der Waals surface area contributed by atoms with Crippen LogP contribution >= 0.6 is 0 Å². The fourth-order valence-corrected chi connectivity index (χ4v) is 5.22. The molecule has 10 nitrogen and oxygen atoms in total. The molecule has 0 bridgehead atoms. The molecule has 1 aliphatic rings. The molecule has 1 saturated carbocycles. The molecule has 11 heteroatoms. The van der Waals surface area contributed by atoms with Gasteiger partial charge in [0.15, 0.2) is 0 Å². The van der Waals surface area contributed by atoms with Crippen LogP contribution in [0.25, 0.3) is 16.9 Å². The van der Waals surface area contributed by atoms with Crippen molar-refractivity contribution in [3.63, 3.8) is 0 Å². The molecule has 5 rings (SSSR count). The lowest BCUT2D eigenvalue weighted by molar-refractivity contribution is -0.000444. The Morgan fingerprint density at radius 2 is 2.05 bits per heavy atom. The van der Waals surface area contributed by atoms with Crippen molar-refractivity contribution in [3.05, 3.63) is 65.8 Å². The maximum absolute atomic E-state index is 15.4. The zero-order chi connectivity index (χ0) is 27.7. The van der Waals surface area contributed by atoms with Crippen molar-refractivity contribution >= 4 is 17.1 Å². The van der Waals surface area contributed by atoms with Crippen molar-refractivity contribution in [2.75, 3.05) is 11.4 Å². The Morgan fingerprint density at radius 3 is 2.69 bits per heavy atom. The molecule has 1 aliphatic carbocycles. The van der Waals surface area contributed by atoms with E-state index in [-0.39, 0.29) is 24.1 Å². The number of pyridine rings is 1. The zero-order valence-corrected chi connectivity index (χ0v) is 21.8. The molecule has 0 unspecified atom stereocenters. The number of rotatable bonds is 8. The third kappa shape index (κ3) is 5.33. The monoisotopic (exact) mass is 531 g/mol. The van der Waals surface area contributed by atoms with E-state index in [0.29, 0.717) is 28.2 Å². The second-order valence-corrected chi connectivity index (χ2v) is 10.6. The van der Waals surface area contributed by atoms with Gasteiger partial charge < -0.3 is 20.3 Å². The van der Waals surface area contributed by atoms with E-state index in [2.05, 4.69) is 21.3 Å². The largest absolute Gasteiger partial charge is 0.387 e. The summed E-state index contributed by atoms with van der Waals surface area (Å²) in [5, 5.41) is 28.1. The van der Waals surface area contributed by atoms with Crippen molar-refractivity contribution in [3.8, 4) is 17.5 Å². The average molecular weight is 532 g/mol. The number of fused-ring (bicyclic) bond motifs is 1. The molecule has 0 aromatic carbocycles. The van der Waals surface area contributed by atoms with E-state index in [9.17, 15) is 15.2 Å². The highest BCUT2D eigenvalue weighted by Gasteiger charge is 2.35. The summed E-state index contributed by atoms with van der Waals surface area (Å²) < 4.78 is 22.1. The number of nitrogens with zero attached hydrogens (tertiary/aromatic N) is 6. The minimum Gasteiger partial charge on any atom is -0.387 e. The number of carbonyl (C=O) groups is 1. The molecule has 39 heavy (non-hydrogen) atoms. The quantitative estimate of drug-likeness (QED) is 0.347. The van der Waals surface area contributed by atoms with Crippen LogP contribution in [0.4, 0.5) is 10.1 Å². The SMILES string of the molecule is CC(C)(O)[C@H](F)CN(c1cc(-c2ccc3cc(C#N)cnn23)ncc1C(N)=O)C1CCC(c2ccon2)CC1. The average Bonchev–Trinajstić information content (AvgIpc) is 3.61. The van der Waals surface area contributed by atoms with Gasteiger partial charge in [0, 0.05) is 24.2 Å². The normalized spacial score (nSPS) is 18.5. The van der Waals surface area contributed by atoms with Gasteiger partial charge in [-0.15, -0.1) is 0 Å². The van der Waals surface area contributed by atoms with Gasteiger partial charge in [-0.2, -0.15) is 10.4 Å². The first-order chi connectivity index (χ1) is 18.7. The Morgan fingerprint density at radius 1 is 1.28 bits per heavy atom. The first-order valence-electron chi connectivity index (χ1n) is 12.9. The highest BCUT2D eigenvalue weighted by Crippen LogP contribution is 2.38. The Kier molecular flexibility index (Phi) is 7.06. The van der Waals surface area contributed by atoms with Gasteiger partial charge in [-0.25, -0.2) is 8.91 Å². The molecule has 4 aromatic heterocycles. The van der Waals surface area contributed by atoms with E-state index < -0.39 is 17.7 Å². The predicted molar refractivity (Wildman–Crippen MR) is 142 cm³/mol. The van der Waals surface area contributed by atoms with Crippen molar-refractivity contribution < 1.29 is 18.8 Å². The number of primary amides is 1. The van der Waals surface area contributed by atoms with E-state index in [1.165, 1.54) is 26.2 Å². The standard InChI is InChI=1S/C28H30FN7O3/c1-28(2,38)26(29)16-35(19-5-3-18(4-6-19)22-9-10-39-34-22)25-12-23(32-15-21(25)27(31)37)24-8-7-20-11-17(13-30)14-33-36(20)24/h7-12,14-15,18-19,26,38H,3-6,16H2,1-2H3,(H2,31,37)/t18?,19?,26-/m1/s1. The van der Waals surface area contributed by atoms with Crippen molar-refractivity contribution in [1.82, 2.24) is 19.8 Å². The summed E-state index contributed by atoms with van der Waals surface area (Å²) in [5.74, 6) is -0.446. The second-order valence-electron chi connectivity index (χ2n) is 10.6. The molecule has 4 heterocycles. The van der Waals surface area contributed by atoms with E-state index >= 15 is 4.39 Å². The summed E-state index contributed by atoms with van der Waals surface area (Å²) >= 11 is 0. The molecule has 4 aromatic rings. The molecular formula is C28H30FN7O3. The highest BCUT2D eigenvalue weighted by molar-refractivity contribution is 5.99. The van der Waals surface area contributed by atoms with Crippen LogP contribution in [-0.4, -0.2) is 55.1 Å². The number of halogens is 1. The van der Waals surface area contributed by atoms with Gasteiger partial charge in [0.25, 0.3) is 5.91 Å². The Labute approximate surface area is 224 Å². The Balaban J connectivity index is 1.55. The number of hydrogen-bond donors (Lipinski definition) is 2. The van der Waals surface area contributed by atoms with Crippen molar-refractivity contribution in [2.45, 2.75) is 63.3 Å². The fourth-order valence-electron chi connectivity index (χ4n) is 5.22. The molecular weight excluding hydrogens is 501 g/mol. The number of aromatic nitrogens is 4. The van der Waals surface area contributed by atoms with Gasteiger partial charge >= 0.3 is 0 Å². The topological polar surface area (TPSA) is 147 Å². The van der Waals surface area contributed by atoms with Gasteiger partial charge in [0.2, 0.25) is 0 Å². The number of nitriles is 1. The van der Waals surface area contributed by atoms with E-state index in [1.807, 2.05) is 23.1 Å². The zero-order valence-electron chi connectivity index (χ0n) is 21.8. The second kappa shape index (κ2) is 10.5. The maximum Gasteiger partial charge on any atom is 0.252 e. The molecule has 202 valence electrons. The van der Waals surface area contributed by atoms with Gasteiger partial charge in [0.1, 0.15) is 18.5 Å². The van der Waals surface area contributed by atoms with Gasteiger partial charge in [-0.1, -0.05) is 5.16 Å². The minimum atomic E-state index is -1.59. The third-order valence-corrected chi connectivity index (χ3v) is 7.49. The third-order valence-electron chi connectivity index (χ3n) is 7.49. The number of alkyl halides is 1. The molecule has 0 aliphatic heterocycles. The van der Waals surface area contributed by atoms with Gasteiger partial charge in [0.05, 0.1) is 57.8 Å². The maximum atomic E-state index is 15.4. The van der Waals surface area contributed by atoms with Crippen LogP contribution in [0.1, 0.15) is 67.1 Å². The fraction of sp³-hybridized carbons (Fsp3) is 0.393. The summed E-state index contributed by atoms with van der Waals surface area (Å²) in [6.45, 7) is 2.72. The van der Waals surface area contributed by atoms with Crippen LogP contribution in [0, 0.1) is 11.3 Å². The molecule has 3 N–H and O–H groups in total. The lowest BCUT2D eigenvalue weighted by atomic mass is 9.83. The minimum absolute atomic E-state index is 0.109. The molecule has 0 saturated heterocycles. The Hall–Kier alpha value is -4.30. The number of carbonyl (C=O) groups excluding carboxylic acids is 1. The smallest absolute Gasteiger partial charge is 0.252 e. The van der Waals surface area contributed by atoms with Crippen molar-refractivity contribution in [1.29, 1.82) is 5.26 Å². The van der Waals surface area contributed by atoms with Crippen LogP contribution in [0.3, 0.4) is 0 Å². The number of nitrogens with two attached hydrogens (primary N) is 1. The van der Waals surface area contributed by atoms with E-state index in [4.69, 9.17) is 10.3 Å². The van der Waals surface area contributed by atoms with Gasteiger partial charge in [-0.05, 0) is 63.8 Å². The summed E-state index contributed by atoms with van der Waals surface area (Å²) in [7, 11) is 0. The lowest BCUT2D eigenvalue weighted by Crippen LogP contribution is -2.48.